The molecule has 1 aliphatic heterocycles. The predicted molar refractivity (Wildman–Crippen MR) is 70.7 cm³/mol. The van der Waals surface area contributed by atoms with Crippen LogP contribution in [-0.4, -0.2) is 43.8 Å². The maximum Gasteiger partial charge on any atom is 0.401 e. The van der Waals surface area contributed by atoms with Crippen LogP contribution in [0.15, 0.2) is 24.3 Å². The van der Waals surface area contributed by atoms with Gasteiger partial charge in [-0.1, -0.05) is 18.2 Å². The summed E-state index contributed by atoms with van der Waals surface area (Å²) in [5.74, 6) is 0.416. The van der Waals surface area contributed by atoms with E-state index in [0.29, 0.717) is 32.1 Å². The second kappa shape index (κ2) is 6.01. The van der Waals surface area contributed by atoms with Gasteiger partial charge in [0.25, 0.3) is 0 Å². The van der Waals surface area contributed by atoms with Crippen LogP contribution in [0.1, 0.15) is 5.56 Å². The van der Waals surface area contributed by atoms with E-state index in [4.69, 9.17) is 11.6 Å². The maximum atomic E-state index is 12.3. The molecule has 2 nitrogen and oxygen atoms in total. The Labute approximate surface area is 115 Å². The van der Waals surface area contributed by atoms with Gasteiger partial charge in [0.15, 0.2) is 0 Å². The number of para-hydroxylation sites is 1. The topological polar surface area (TPSA) is 6.48 Å². The number of benzene rings is 1. The monoisotopic (exact) mass is 292 g/mol. The zero-order chi connectivity index (χ0) is 13.9. The molecule has 0 amide bonds. The van der Waals surface area contributed by atoms with Crippen molar-refractivity contribution in [3.8, 4) is 0 Å². The quantitative estimate of drug-likeness (QED) is 0.790. The van der Waals surface area contributed by atoms with Crippen LogP contribution in [-0.2, 0) is 5.88 Å². The average Bonchev–Trinajstić information content (AvgIpc) is 2.38. The molecule has 1 aromatic carbocycles. The van der Waals surface area contributed by atoms with Gasteiger partial charge < -0.3 is 4.90 Å². The number of halogens is 4. The van der Waals surface area contributed by atoms with E-state index >= 15 is 0 Å². The van der Waals surface area contributed by atoms with E-state index in [-0.39, 0.29) is 0 Å². The molecule has 1 heterocycles. The summed E-state index contributed by atoms with van der Waals surface area (Å²) in [7, 11) is 0. The van der Waals surface area contributed by atoms with E-state index in [9.17, 15) is 13.2 Å². The van der Waals surface area contributed by atoms with Gasteiger partial charge in [-0.2, -0.15) is 13.2 Å². The third kappa shape index (κ3) is 4.01. The summed E-state index contributed by atoms with van der Waals surface area (Å²) in [6.45, 7) is 1.23. The van der Waals surface area contributed by atoms with Crippen molar-refractivity contribution in [1.82, 2.24) is 4.90 Å². The molecular weight excluding hydrogens is 277 g/mol. The second-order valence-corrected chi connectivity index (χ2v) is 4.91. The number of hydrogen-bond donors (Lipinski definition) is 0. The highest BCUT2D eigenvalue weighted by Crippen LogP contribution is 2.24. The number of hydrogen-bond acceptors (Lipinski definition) is 2. The lowest BCUT2D eigenvalue weighted by atomic mass is 10.1. The molecule has 19 heavy (non-hydrogen) atoms. The van der Waals surface area contributed by atoms with Crippen molar-refractivity contribution >= 4 is 17.3 Å². The normalized spacial score (nSPS) is 17.8. The summed E-state index contributed by atoms with van der Waals surface area (Å²) < 4.78 is 36.9. The molecule has 0 aliphatic carbocycles. The number of piperazine rings is 1. The van der Waals surface area contributed by atoms with Gasteiger partial charge in [-0.25, -0.2) is 0 Å². The lowest BCUT2D eigenvalue weighted by Crippen LogP contribution is -2.49. The van der Waals surface area contributed by atoms with Crippen LogP contribution < -0.4 is 4.90 Å². The van der Waals surface area contributed by atoms with E-state index < -0.39 is 12.7 Å². The Morgan fingerprint density at radius 3 is 2.26 bits per heavy atom. The molecule has 0 N–H and O–H groups in total. The van der Waals surface area contributed by atoms with Crippen LogP contribution in [0, 0.1) is 0 Å². The minimum absolute atomic E-state index is 0.416. The molecule has 0 radical (unpaired) electrons. The summed E-state index contributed by atoms with van der Waals surface area (Å²) in [5, 5.41) is 0. The number of nitrogens with zero attached hydrogens (tertiary/aromatic N) is 2. The first-order chi connectivity index (χ1) is 8.99. The van der Waals surface area contributed by atoms with Crippen molar-refractivity contribution in [3.63, 3.8) is 0 Å². The molecule has 1 aromatic rings. The highest BCUT2D eigenvalue weighted by molar-refractivity contribution is 6.17. The van der Waals surface area contributed by atoms with Gasteiger partial charge in [-0.3, -0.25) is 4.90 Å². The third-order valence-corrected chi connectivity index (χ3v) is 3.54. The van der Waals surface area contributed by atoms with Crippen LogP contribution in [0.2, 0.25) is 0 Å². The molecule has 1 fully saturated rings. The molecule has 1 saturated heterocycles. The summed E-state index contributed by atoms with van der Waals surface area (Å²) in [6, 6.07) is 7.76. The summed E-state index contributed by atoms with van der Waals surface area (Å²) >= 11 is 5.88. The van der Waals surface area contributed by atoms with Crippen molar-refractivity contribution in [2.24, 2.45) is 0 Å². The minimum Gasteiger partial charge on any atom is -0.369 e. The van der Waals surface area contributed by atoms with Gasteiger partial charge in [-0.15, -0.1) is 11.6 Å². The Morgan fingerprint density at radius 2 is 1.68 bits per heavy atom. The van der Waals surface area contributed by atoms with Crippen molar-refractivity contribution in [2.45, 2.75) is 12.1 Å². The first-order valence-corrected chi connectivity index (χ1v) is 6.71. The number of rotatable bonds is 3. The van der Waals surface area contributed by atoms with Gasteiger partial charge in [0.1, 0.15) is 0 Å². The summed E-state index contributed by atoms with van der Waals surface area (Å²) in [6.07, 6.45) is -4.11. The fraction of sp³-hybridized carbons (Fsp3) is 0.538. The lowest BCUT2D eigenvalue weighted by Gasteiger charge is -2.37. The molecule has 0 unspecified atom stereocenters. The highest BCUT2D eigenvalue weighted by atomic mass is 35.5. The van der Waals surface area contributed by atoms with Crippen LogP contribution in [0.4, 0.5) is 18.9 Å². The van der Waals surface area contributed by atoms with Gasteiger partial charge in [0.2, 0.25) is 0 Å². The van der Waals surface area contributed by atoms with Crippen LogP contribution in [0.5, 0.6) is 0 Å². The molecule has 6 heteroatoms. The fourth-order valence-electron chi connectivity index (χ4n) is 2.33. The Kier molecular flexibility index (Phi) is 4.58. The van der Waals surface area contributed by atoms with E-state index in [1.807, 2.05) is 24.3 Å². The van der Waals surface area contributed by atoms with E-state index in [2.05, 4.69) is 4.90 Å². The van der Waals surface area contributed by atoms with Crippen molar-refractivity contribution < 1.29 is 13.2 Å². The molecule has 1 aliphatic rings. The molecule has 0 atom stereocenters. The standard InChI is InChI=1S/C13H16ClF3N2/c14-9-11-3-1-2-4-12(11)19-7-5-18(6-8-19)10-13(15,16)17/h1-4H,5-10H2. The average molecular weight is 293 g/mol. The van der Waals surface area contributed by atoms with Crippen LogP contribution >= 0.6 is 11.6 Å². The first-order valence-electron chi connectivity index (χ1n) is 6.17. The van der Waals surface area contributed by atoms with Crippen LogP contribution in [0.3, 0.4) is 0 Å². The zero-order valence-corrected chi connectivity index (χ0v) is 11.2. The maximum absolute atomic E-state index is 12.3. The Bertz CT molecular complexity index is 415. The van der Waals surface area contributed by atoms with Gasteiger partial charge >= 0.3 is 6.18 Å². The third-order valence-electron chi connectivity index (χ3n) is 3.25. The van der Waals surface area contributed by atoms with E-state index in [1.54, 1.807) is 0 Å². The van der Waals surface area contributed by atoms with Gasteiger partial charge in [-0.05, 0) is 11.6 Å². The van der Waals surface area contributed by atoms with E-state index in [1.165, 1.54) is 4.90 Å². The molecule has 0 aromatic heterocycles. The fourth-order valence-corrected chi connectivity index (χ4v) is 2.56. The first kappa shape index (κ1) is 14.5. The zero-order valence-electron chi connectivity index (χ0n) is 10.5. The number of anilines is 1. The largest absolute Gasteiger partial charge is 0.401 e. The summed E-state index contributed by atoms with van der Waals surface area (Å²) in [4.78, 5) is 3.55. The van der Waals surface area contributed by atoms with Gasteiger partial charge in [0.05, 0.1) is 6.54 Å². The number of alkyl halides is 4. The highest BCUT2D eigenvalue weighted by Gasteiger charge is 2.32. The molecular formula is C13H16ClF3N2. The van der Waals surface area contributed by atoms with Crippen LogP contribution in [0.25, 0.3) is 0 Å². The van der Waals surface area contributed by atoms with Crippen molar-refractivity contribution in [1.29, 1.82) is 0 Å². The SMILES string of the molecule is FC(F)(F)CN1CCN(c2ccccc2CCl)CC1. The second-order valence-electron chi connectivity index (χ2n) is 4.64. The Balaban J connectivity index is 1.96. The molecule has 106 valence electrons. The molecule has 2 rings (SSSR count). The molecule has 0 bridgehead atoms. The molecule has 0 spiro atoms. The Morgan fingerprint density at radius 1 is 1.05 bits per heavy atom. The summed E-state index contributed by atoms with van der Waals surface area (Å²) in [5.41, 5.74) is 2.05. The Hall–Kier alpha value is -0.940. The van der Waals surface area contributed by atoms with Gasteiger partial charge in [0, 0.05) is 37.7 Å². The smallest absolute Gasteiger partial charge is 0.369 e. The van der Waals surface area contributed by atoms with E-state index in [0.717, 1.165) is 11.3 Å². The van der Waals surface area contributed by atoms with Crippen molar-refractivity contribution in [2.75, 3.05) is 37.6 Å². The van der Waals surface area contributed by atoms with Crippen molar-refractivity contribution in [3.05, 3.63) is 29.8 Å². The predicted octanol–water partition coefficient (Wildman–Crippen LogP) is 3.11. The lowest BCUT2D eigenvalue weighted by molar-refractivity contribution is -0.146. The minimum atomic E-state index is -4.11. The molecule has 0 saturated carbocycles.